The molecular weight excluding hydrogens is 431 g/mol. The summed E-state index contributed by atoms with van der Waals surface area (Å²) >= 11 is 0. The van der Waals surface area contributed by atoms with Crippen LogP contribution < -0.4 is 14.8 Å². The Labute approximate surface area is 200 Å². The number of amides is 1. The van der Waals surface area contributed by atoms with Gasteiger partial charge < -0.3 is 19.7 Å². The van der Waals surface area contributed by atoms with E-state index in [1.807, 2.05) is 65.6 Å². The molecule has 5 nitrogen and oxygen atoms in total. The van der Waals surface area contributed by atoms with E-state index in [4.69, 9.17) is 9.47 Å². The molecule has 0 aromatic heterocycles. The van der Waals surface area contributed by atoms with Crippen molar-refractivity contribution in [3.63, 3.8) is 0 Å². The molecule has 1 heterocycles. The third-order valence-electron chi connectivity index (χ3n) is 6.03. The lowest BCUT2D eigenvalue weighted by Crippen LogP contribution is -2.54. The van der Waals surface area contributed by atoms with Crippen molar-refractivity contribution in [3.8, 4) is 11.5 Å². The Morgan fingerprint density at radius 3 is 2.59 bits per heavy atom. The average molecular weight is 463 g/mol. The number of ether oxygens (including phenoxy) is 2. The summed E-state index contributed by atoms with van der Waals surface area (Å²) < 4.78 is 25.3. The van der Waals surface area contributed by atoms with E-state index in [0.29, 0.717) is 38.3 Å². The largest absolute Gasteiger partial charge is 0.497 e. The van der Waals surface area contributed by atoms with Crippen molar-refractivity contribution in [2.75, 3.05) is 20.2 Å². The van der Waals surface area contributed by atoms with Crippen LogP contribution in [0.1, 0.15) is 29.5 Å². The van der Waals surface area contributed by atoms with Gasteiger partial charge in [0, 0.05) is 25.7 Å². The van der Waals surface area contributed by atoms with E-state index in [9.17, 15) is 9.18 Å². The summed E-state index contributed by atoms with van der Waals surface area (Å²) in [6.07, 6.45) is 2.17. The van der Waals surface area contributed by atoms with Gasteiger partial charge in [0.1, 0.15) is 23.9 Å². The number of nitrogens with one attached hydrogen (secondary N) is 1. The number of aryl methyl sites for hydroxylation is 1. The number of halogens is 1. The third kappa shape index (κ3) is 6.58. The minimum atomic E-state index is -0.320. The van der Waals surface area contributed by atoms with Gasteiger partial charge in [0.15, 0.2) is 0 Å². The predicted octanol–water partition coefficient (Wildman–Crippen LogP) is 4.74. The van der Waals surface area contributed by atoms with Crippen LogP contribution in [0.15, 0.2) is 72.8 Å². The fourth-order valence-corrected chi connectivity index (χ4v) is 4.27. The van der Waals surface area contributed by atoms with Crippen molar-refractivity contribution in [2.24, 2.45) is 0 Å². The molecule has 178 valence electrons. The average Bonchev–Trinajstić information content (AvgIpc) is 2.85. The van der Waals surface area contributed by atoms with Crippen LogP contribution in [0.5, 0.6) is 11.5 Å². The van der Waals surface area contributed by atoms with Crippen molar-refractivity contribution < 1.29 is 18.7 Å². The van der Waals surface area contributed by atoms with Gasteiger partial charge in [0.25, 0.3) is 0 Å². The molecule has 0 bridgehead atoms. The molecule has 3 aromatic carbocycles. The Hall–Kier alpha value is -3.38. The topological polar surface area (TPSA) is 50.8 Å². The number of nitrogens with zero attached hydrogens (tertiary/aromatic N) is 1. The highest BCUT2D eigenvalue weighted by atomic mass is 19.1. The number of rotatable bonds is 10. The summed E-state index contributed by atoms with van der Waals surface area (Å²) in [5.74, 6) is 1.07. The number of methoxy groups -OCH3 is 1. The first kappa shape index (κ1) is 23.8. The number of carbonyl (C=O) groups excluding carboxylic acids is 1. The van der Waals surface area contributed by atoms with Crippen LogP contribution in [0.3, 0.4) is 0 Å². The molecule has 0 radical (unpaired) electrons. The van der Waals surface area contributed by atoms with E-state index in [2.05, 4.69) is 5.32 Å². The van der Waals surface area contributed by atoms with Crippen molar-refractivity contribution in [1.82, 2.24) is 10.2 Å². The Balaban J connectivity index is 1.29. The predicted molar refractivity (Wildman–Crippen MR) is 130 cm³/mol. The molecule has 1 fully saturated rings. The zero-order valence-corrected chi connectivity index (χ0v) is 19.5. The van der Waals surface area contributed by atoms with Gasteiger partial charge in [-0.15, -0.1) is 0 Å². The quantitative estimate of drug-likeness (QED) is 0.473. The number of piperazine rings is 1. The summed E-state index contributed by atoms with van der Waals surface area (Å²) in [7, 11) is 1.62. The molecule has 0 unspecified atom stereocenters. The Kier molecular flexibility index (Phi) is 8.15. The lowest BCUT2D eigenvalue weighted by atomic mass is 10.0. The van der Waals surface area contributed by atoms with Crippen LogP contribution in [-0.2, 0) is 24.4 Å². The van der Waals surface area contributed by atoms with E-state index >= 15 is 0 Å². The molecule has 1 amide bonds. The standard InChI is InChI=1S/C28H31FN2O3/c1-33-25-11-5-10-23(17-25)20-34-26-16-22(15-24(29)18-26)9-6-12-27-28(32)31(14-13-30-27)19-21-7-3-2-4-8-21/h2-5,7-8,10-11,15-18,27,30H,6,9,12-14,19-20H2,1H3/t27-/m0/s1. The van der Waals surface area contributed by atoms with Gasteiger partial charge in [-0.2, -0.15) is 0 Å². The SMILES string of the molecule is COc1cccc(COc2cc(F)cc(CCC[C@@H]3NCCN(Cc4ccccc4)C3=O)c2)c1. The number of hydrogen-bond acceptors (Lipinski definition) is 4. The smallest absolute Gasteiger partial charge is 0.240 e. The highest BCUT2D eigenvalue weighted by Crippen LogP contribution is 2.21. The molecule has 1 saturated heterocycles. The Bertz CT molecular complexity index is 1090. The fraction of sp³-hybridized carbons (Fsp3) is 0.321. The molecule has 34 heavy (non-hydrogen) atoms. The minimum Gasteiger partial charge on any atom is -0.497 e. The highest BCUT2D eigenvalue weighted by Gasteiger charge is 2.27. The van der Waals surface area contributed by atoms with Crippen molar-refractivity contribution in [3.05, 3.63) is 95.3 Å². The van der Waals surface area contributed by atoms with Gasteiger partial charge in [-0.1, -0.05) is 42.5 Å². The lowest BCUT2D eigenvalue weighted by molar-refractivity contribution is -0.136. The second-order valence-corrected chi connectivity index (χ2v) is 8.58. The monoisotopic (exact) mass is 462 g/mol. The summed E-state index contributed by atoms with van der Waals surface area (Å²) in [5.41, 5.74) is 2.95. The van der Waals surface area contributed by atoms with E-state index < -0.39 is 0 Å². The van der Waals surface area contributed by atoms with Crippen LogP contribution in [0, 0.1) is 5.82 Å². The first-order valence-corrected chi connectivity index (χ1v) is 11.7. The van der Waals surface area contributed by atoms with Gasteiger partial charge in [-0.25, -0.2) is 4.39 Å². The van der Waals surface area contributed by atoms with E-state index in [1.54, 1.807) is 7.11 Å². The molecular formula is C28H31FN2O3. The normalized spacial score (nSPS) is 15.9. The van der Waals surface area contributed by atoms with Gasteiger partial charge in [0.05, 0.1) is 13.2 Å². The van der Waals surface area contributed by atoms with E-state index in [1.165, 1.54) is 12.1 Å². The van der Waals surface area contributed by atoms with E-state index in [-0.39, 0.29) is 17.8 Å². The summed E-state index contributed by atoms with van der Waals surface area (Å²) in [6, 6.07) is 22.3. The molecule has 1 atom stereocenters. The second kappa shape index (κ2) is 11.7. The number of carbonyl (C=O) groups is 1. The zero-order valence-electron chi connectivity index (χ0n) is 19.5. The van der Waals surface area contributed by atoms with Gasteiger partial charge in [-0.05, 0) is 60.2 Å². The first-order valence-electron chi connectivity index (χ1n) is 11.7. The van der Waals surface area contributed by atoms with Crippen molar-refractivity contribution >= 4 is 5.91 Å². The Morgan fingerprint density at radius 1 is 0.971 bits per heavy atom. The molecule has 0 saturated carbocycles. The fourth-order valence-electron chi connectivity index (χ4n) is 4.27. The van der Waals surface area contributed by atoms with E-state index in [0.717, 1.165) is 35.4 Å². The first-order chi connectivity index (χ1) is 16.6. The van der Waals surface area contributed by atoms with Gasteiger partial charge in [0.2, 0.25) is 5.91 Å². The second-order valence-electron chi connectivity index (χ2n) is 8.58. The van der Waals surface area contributed by atoms with Crippen LogP contribution >= 0.6 is 0 Å². The summed E-state index contributed by atoms with van der Waals surface area (Å²) in [6.45, 7) is 2.46. The van der Waals surface area contributed by atoms with Crippen LogP contribution in [0.2, 0.25) is 0 Å². The minimum absolute atomic E-state index is 0.136. The maximum absolute atomic E-state index is 14.2. The van der Waals surface area contributed by atoms with Crippen LogP contribution in [0.25, 0.3) is 0 Å². The van der Waals surface area contributed by atoms with Crippen molar-refractivity contribution in [2.45, 2.75) is 38.5 Å². The maximum Gasteiger partial charge on any atom is 0.240 e. The molecule has 0 aliphatic carbocycles. The molecule has 6 heteroatoms. The zero-order chi connectivity index (χ0) is 23.8. The molecule has 4 rings (SSSR count). The van der Waals surface area contributed by atoms with Crippen LogP contribution in [-0.4, -0.2) is 37.0 Å². The highest BCUT2D eigenvalue weighted by molar-refractivity contribution is 5.82. The summed E-state index contributed by atoms with van der Waals surface area (Å²) in [4.78, 5) is 14.8. The molecule has 1 aliphatic rings. The molecule has 1 N–H and O–H groups in total. The maximum atomic E-state index is 14.2. The third-order valence-corrected chi connectivity index (χ3v) is 6.03. The van der Waals surface area contributed by atoms with Gasteiger partial charge >= 0.3 is 0 Å². The van der Waals surface area contributed by atoms with Crippen molar-refractivity contribution in [1.29, 1.82) is 0 Å². The van der Waals surface area contributed by atoms with Crippen LogP contribution in [0.4, 0.5) is 4.39 Å². The molecule has 3 aromatic rings. The number of hydrogen-bond donors (Lipinski definition) is 1. The molecule has 0 spiro atoms. The Morgan fingerprint density at radius 2 is 1.76 bits per heavy atom. The van der Waals surface area contributed by atoms with Gasteiger partial charge in [-0.3, -0.25) is 4.79 Å². The lowest BCUT2D eigenvalue weighted by Gasteiger charge is -2.33. The summed E-state index contributed by atoms with van der Waals surface area (Å²) in [5, 5.41) is 3.34. The number of benzene rings is 3. The molecule has 1 aliphatic heterocycles.